The van der Waals surface area contributed by atoms with Gasteiger partial charge in [0, 0.05) is 18.1 Å². The van der Waals surface area contributed by atoms with Crippen molar-refractivity contribution in [1.82, 2.24) is 10.2 Å². The number of benzene rings is 3. The summed E-state index contributed by atoms with van der Waals surface area (Å²) in [7, 11) is -4.13. The molecule has 0 aromatic heterocycles. The van der Waals surface area contributed by atoms with Crippen LogP contribution in [0.1, 0.15) is 38.3 Å². The minimum Gasteiger partial charge on any atom is -0.354 e. The van der Waals surface area contributed by atoms with Gasteiger partial charge in [-0.3, -0.25) is 13.9 Å². The van der Waals surface area contributed by atoms with Crippen molar-refractivity contribution in [1.29, 1.82) is 0 Å². The molecule has 0 fully saturated rings. The number of rotatable bonds is 12. The van der Waals surface area contributed by atoms with E-state index in [1.54, 1.807) is 36.4 Å². The van der Waals surface area contributed by atoms with Gasteiger partial charge in [-0.25, -0.2) is 8.42 Å². The van der Waals surface area contributed by atoms with Gasteiger partial charge in [0.05, 0.1) is 10.6 Å². The lowest BCUT2D eigenvalue weighted by molar-refractivity contribution is -0.140. The van der Waals surface area contributed by atoms with E-state index < -0.39 is 28.5 Å². The van der Waals surface area contributed by atoms with Crippen LogP contribution in [0.25, 0.3) is 0 Å². The molecule has 0 spiro atoms. The smallest absolute Gasteiger partial charge is 0.264 e. The summed E-state index contributed by atoms with van der Waals surface area (Å²) in [6, 6.07) is 21.4. The molecule has 0 saturated carbocycles. The number of sulfonamides is 1. The van der Waals surface area contributed by atoms with Gasteiger partial charge >= 0.3 is 0 Å². The van der Waals surface area contributed by atoms with Crippen LogP contribution < -0.4 is 9.62 Å². The molecule has 0 aliphatic rings. The van der Waals surface area contributed by atoms with E-state index >= 15 is 0 Å². The highest BCUT2D eigenvalue weighted by Crippen LogP contribution is 2.28. The maximum Gasteiger partial charge on any atom is 0.264 e. The van der Waals surface area contributed by atoms with Crippen LogP contribution in [0, 0.1) is 12.8 Å². The van der Waals surface area contributed by atoms with Crippen molar-refractivity contribution >= 4 is 39.1 Å². The third-order valence-corrected chi connectivity index (χ3v) is 8.51. The molecule has 3 rings (SSSR count). The Morgan fingerprint density at radius 1 is 0.949 bits per heavy atom. The van der Waals surface area contributed by atoms with Crippen LogP contribution in [0.2, 0.25) is 5.02 Å². The fourth-order valence-corrected chi connectivity index (χ4v) is 5.71. The lowest BCUT2D eigenvalue weighted by Crippen LogP contribution is -2.52. The zero-order valence-corrected chi connectivity index (χ0v) is 24.4. The lowest BCUT2D eigenvalue weighted by atomic mass is 10.1. The fourth-order valence-electron chi connectivity index (χ4n) is 4.11. The maximum absolute atomic E-state index is 14.0. The summed E-state index contributed by atoms with van der Waals surface area (Å²) in [6.45, 7) is 7.76. The van der Waals surface area contributed by atoms with Gasteiger partial charge < -0.3 is 10.2 Å². The highest BCUT2D eigenvalue weighted by Gasteiger charge is 2.33. The monoisotopic (exact) mass is 569 g/mol. The van der Waals surface area contributed by atoms with Gasteiger partial charge in [0.1, 0.15) is 12.6 Å². The summed E-state index contributed by atoms with van der Waals surface area (Å²) in [5.74, 6) is -0.532. The number of halogens is 1. The summed E-state index contributed by atoms with van der Waals surface area (Å²) in [5.41, 5.74) is 1.87. The molecule has 3 aromatic carbocycles. The Morgan fingerprint density at radius 3 is 2.13 bits per heavy atom. The molecule has 39 heavy (non-hydrogen) atoms. The van der Waals surface area contributed by atoms with Crippen LogP contribution in [0.5, 0.6) is 0 Å². The van der Waals surface area contributed by atoms with Crippen LogP contribution in [-0.4, -0.2) is 44.3 Å². The molecule has 0 unspecified atom stereocenters. The molecule has 0 aliphatic heterocycles. The molecule has 3 aromatic rings. The van der Waals surface area contributed by atoms with E-state index in [9.17, 15) is 18.0 Å². The number of carbonyl (C=O) groups excluding carboxylic acids is 2. The van der Waals surface area contributed by atoms with Crippen molar-refractivity contribution in [3.63, 3.8) is 0 Å². The standard InChI is InChI=1S/C30H36ClN3O4S/c1-5-28(30(36)32-19-22(2)3)33(20-24-12-8-6-9-13-24)29(35)21-34(25-17-16-23(4)27(31)18-25)39(37,38)26-14-10-7-11-15-26/h6-18,22,28H,5,19-21H2,1-4H3,(H,32,36)/t28-/m1/s1. The Hall–Kier alpha value is -3.36. The first-order valence-corrected chi connectivity index (χ1v) is 14.8. The van der Waals surface area contributed by atoms with E-state index in [0.29, 0.717) is 18.0 Å². The van der Waals surface area contributed by atoms with Crippen LogP contribution in [0.3, 0.4) is 0 Å². The van der Waals surface area contributed by atoms with Gasteiger partial charge in [0.25, 0.3) is 10.0 Å². The maximum atomic E-state index is 14.0. The average Bonchev–Trinajstić information content (AvgIpc) is 2.92. The van der Waals surface area contributed by atoms with Crippen molar-refractivity contribution in [2.45, 2.75) is 51.6 Å². The number of hydrogen-bond donors (Lipinski definition) is 1. The number of anilines is 1. The quantitative estimate of drug-likeness (QED) is 0.315. The molecule has 0 heterocycles. The van der Waals surface area contributed by atoms with E-state index in [-0.39, 0.29) is 29.0 Å². The molecule has 7 nitrogen and oxygen atoms in total. The van der Waals surface area contributed by atoms with Crippen LogP contribution in [0.15, 0.2) is 83.8 Å². The van der Waals surface area contributed by atoms with E-state index in [4.69, 9.17) is 11.6 Å². The van der Waals surface area contributed by atoms with Crippen molar-refractivity contribution in [2.24, 2.45) is 5.92 Å². The first kappa shape index (κ1) is 30.2. The minimum atomic E-state index is -4.13. The number of nitrogens with one attached hydrogen (secondary N) is 1. The van der Waals surface area contributed by atoms with E-state index in [2.05, 4.69) is 5.32 Å². The van der Waals surface area contributed by atoms with E-state index in [0.717, 1.165) is 15.4 Å². The second kappa shape index (κ2) is 13.6. The summed E-state index contributed by atoms with van der Waals surface area (Å²) < 4.78 is 28.7. The van der Waals surface area contributed by atoms with Crippen LogP contribution >= 0.6 is 11.6 Å². The van der Waals surface area contributed by atoms with Gasteiger partial charge in [-0.1, -0.05) is 87.0 Å². The molecule has 2 amide bonds. The number of amides is 2. The Bertz CT molecular complexity index is 1370. The first-order valence-electron chi connectivity index (χ1n) is 13.0. The van der Waals surface area contributed by atoms with Crippen molar-refractivity contribution in [3.8, 4) is 0 Å². The van der Waals surface area contributed by atoms with Crippen molar-refractivity contribution < 1.29 is 18.0 Å². The van der Waals surface area contributed by atoms with Crippen LogP contribution in [0.4, 0.5) is 5.69 Å². The molecular weight excluding hydrogens is 534 g/mol. The summed E-state index contributed by atoms with van der Waals surface area (Å²) in [5, 5.41) is 3.31. The third-order valence-electron chi connectivity index (χ3n) is 6.32. The normalized spacial score (nSPS) is 12.2. The predicted octanol–water partition coefficient (Wildman–Crippen LogP) is 5.42. The molecular formula is C30H36ClN3O4S. The average molecular weight is 570 g/mol. The third kappa shape index (κ3) is 7.83. The molecule has 1 N–H and O–H groups in total. The summed E-state index contributed by atoms with van der Waals surface area (Å²) in [4.78, 5) is 28.7. The summed E-state index contributed by atoms with van der Waals surface area (Å²) >= 11 is 6.37. The second-order valence-corrected chi connectivity index (χ2v) is 12.1. The molecule has 0 aliphatic carbocycles. The number of nitrogens with zero attached hydrogens (tertiary/aromatic N) is 2. The molecule has 1 atom stereocenters. The molecule has 208 valence electrons. The Kier molecular flexibility index (Phi) is 10.5. The Labute approximate surface area is 236 Å². The van der Waals surface area contributed by atoms with Gasteiger partial charge in [-0.15, -0.1) is 0 Å². The fraction of sp³-hybridized carbons (Fsp3) is 0.333. The number of hydrogen-bond acceptors (Lipinski definition) is 4. The van der Waals surface area contributed by atoms with Gasteiger partial charge in [-0.2, -0.15) is 0 Å². The SMILES string of the molecule is CC[C@H](C(=O)NCC(C)C)N(Cc1ccccc1)C(=O)CN(c1ccc(C)c(Cl)c1)S(=O)(=O)c1ccccc1. The highest BCUT2D eigenvalue weighted by molar-refractivity contribution is 7.92. The minimum absolute atomic E-state index is 0.0471. The Morgan fingerprint density at radius 2 is 1.56 bits per heavy atom. The zero-order chi connectivity index (χ0) is 28.6. The Balaban J connectivity index is 2.04. The topological polar surface area (TPSA) is 86.8 Å². The molecule has 0 bridgehead atoms. The first-order chi connectivity index (χ1) is 18.5. The lowest BCUT2D eigenvalue weighted by Gasteiger charge is -2.33. The molecule has 9 heteroatoms. The number of aryl methyl sites for hydroxylation is 1. The van der Waals surface area contributed by atoms with Crippen molar-refractivity contribution in [2.75, 3.05) is 17.4 Å². The number of carbonyl (C=O) groups is 2. The van der Waals surface area contributed by atoms with E-state index in [1.165, 1.54) is 17.0 Å². The largest absolute Gasteiger partial charge is 0.354 e. The van der Waals surface area contributed by atoms with Crippen LogP contribution in [-0.2, 0) is 26.2 Å². The summed E-state index contributed by atoms with van der Waals surface area (Å²) in [6.07, 6.45) is 0.365. The second-order valence-electron chi connectivity index (χ2n) is 9.83. The molecule has 0 saturated heterocycles. The van der Waals surface area contributed by atoms with Gasteiger partial charge in [-0.05, 0) is 54.7 Å². The van der Waals surface area contributed by atoms with Gasteiger partial charge in [0.2, 0.25) is 11.8 Å². The zero-order valence-electron chi connectivity index (χ0n) is 22.8. The van der Waals surface area contributed by atoms with Crippen molar-refractivity contribution in [3.05, 3.63) is 95.0 Å². The van der Waals surface area contributed by atoms with Gasteiger partial charge in [0.15, 0.2) is 0 Å². The van der Waals surface area contributed by atoms with E-state index in [1.807, 2.05) is 58.0 Å². The predicted molar refractivity (Wildman–Crippen MR) is 156 cm³/mol. The highest BCUT2D eigenvalue weighted by atomic mass is 35.5. The molecule has 0 radical (unpaired) electrons.